The Morgan fingerprint density at radius 3 is 2.59 bits per heavy atom. The van der Waals surface area contributed by atoms with E-state index in [0.29, 0.717) is 54.8 Å². The summed E-state index contributed by atoms with van der Waals surface area (Å²) in [5, 5.41) is 4.58. The lowest BCUT2D eigenvalue weighted by atomic mass is 9.92. The van der Waals surface area contributed by atoms with E-state index in [1.54, 1.807) is 41.4 Å². The van der Waals surface area contributed by atoms with Gasteiger partial charge in [0.05, 0.1) is 12.7 Å². The molecule has 11 heteroatoms. The smallest absolute Gasteiger partial charge is 0.416 e. The fourth-order valence-electron chi connectivity index (χ4n) is 5.60. The number of aromatic amines is 1. The number of amides is 2. The lowest BCUT2D eigenvalue weighted by Gasteiger charge is -2.35. The van der Waals surface area contributed by atoms with Crippen LogP contribution in [-0.4, -0.2) is 52.7 Å². The van der Waals surface area contributed by atoms with E-state index in [4.69, 9.17) is 24.1 Å². The molecule has 2 aromatic heterocycles. The molecule has 5 aromatic rings. The highest BCUT2D eigenvalue weighted by Crippen LogP contribution is 2.40. The van der Waals surface area contributed by atoms with Gasteiger partial charge in [-0.15, -0.1) is 0 Å². The van der Waals surface area contributed by atoms with Crippen LogP contribution >= 0.6 is 34.6 Å². The van der Waals surface area contributed by atoms with Crippen molar-refractivity contribution in [2.24, 2.45) is 0 Å². The minimum Gasteiger partial charge on any atom is -0.493 e. The molecular formula is C35H32ClIN4O5. The second-order valence-electron chi connectivity index (χ2n) is 11.1. The van der Waals surface area contributed by atoms with Crippen LogP contribution in [0.5, 0.6) is 11.5 Å². The minimum atomic E-state index is -0.420. The van der Waals surface area contributed by atoms with Crippen LogP contribution in [0.25, 0.3) is 10.9 Å². The highest BCUT2D eigenvalue weighted by molar-refractivity contribution is 14.1. The summed E-state index contributed by atoms with van der Waals surface area (Å²) >= 11 is 8.20. The molecule has 1 unspecified atom stereocenters. The third-order valence-electron chi connectivity index (χ3n) is 7.97. The van der Waals surface area contributed by atoms with Crippen molar-refractivity contribution in [1.82, 2.24) is 20.2 Å². The molecule has 0 saturated heterocycles. The Bertz CT molecular complexity index is 1820. The van der Waals surface area contributed by atoms with E-state index in [2.05, 4.69) is 15.3 Å². The van der Waals surface area contributed by atoms with Gasteiger partial charge in [-0.3, -0.25) is 14.7 Å². The zero-order chi connectivity index (χ0) is 32.0. The summed E-state index contributed by atoms with van der Waals surface area (Å²) in [6.07, 6.45) is 2.15. The van der Waals surface area contributed by atoms with Crippen LogP contribution in [0.4, 0.5) is 4.79 Å². The number of halogens is 2. The van der Waals surface area contributed by atoms with Crippen LogP contribution in [0.3, 0.4) is 0 Å². The Balaban J connectivity index is 1.16. The Morgan fingerprint density at radius 2 is 1.85 bits per heavy atom. The summed E-state index contributed by atoms with van der Waals surface area (Å²) in [7, 11) is 0. The maximum Gasteiger partial charge on any atom is 0.416 e. The predicted molar refractivity (Wildman–Crippen MR) is 185 cm³/mol. The number of hydrogen-bond acceptors (Lipinski definition) is 6. The van der Waals surface area contributed by atoms with Crippen molar-refractivity contribution in [3.63, 3.8) is 0 Å². The van der Waals surface area contributed by atoms with Gasteiger partial charge in [0.15, 0.2) is 0 Å². The van der Waals surface area contributed by atoms with Crippen molar-refractivity contribution in [3.05, 3.63) is 124 Å². The molecule has 2 amide bonds. The maximum atomic E-state index is 13.6. The van der Waals surface area contributed by atoms with Crippen LogP contribution in [0.1, 0.15) is 45.3 Å². The molecule has 1 aliphatic heterocycles. The molecule has 0 saturated carbocycles. The summed E-state index contributed by atoms with van der Waals surface area (Å²) in [6, 6.07) is 25.8. The average molecular weight is 751 g/mol. The van der Waals surface area contributed by atoms with Crippen molar-refractivity contribution in [2.75, 3.05) is 19.7 Å². The summed E-state index contributed by atoms with van der Waals surface area (Å²) in [4.78, 5) is 35.3. The van der Waals surface area contributed by atoms with Gasteiger partial charge >= 0.3 is 6.09 Å². The maximum absolute atomic E-state index is 13.6. The van der Waals surface area contributed by atoms with Gasteiger partial charge in [-0.25, -0.2) is 4.79 Å². The first-order chi connectivity index (χ1) is 22.4. The first kappa shape index (κ1) is 31.8. The lowest BCUT2D eigenvalue weighted by Crippen LogP contribution is -2.42. The lowest BCUT2D eigenvalue weighted by molar-refractivity contribution is 0.0927. The third-order valence-corrected chi connectivity index (χ3v) is 8.92. The quantitative estimate of drug-likeness (QED) is 0.143. The molecule has 1 aliphatic rings. The van der Waals surface area contributed by atoms with Gasteiger partial charge in [0.1, 0.15) is 46.2 Å². The van der Waals surface area contributed by atoms with Gasteiger partial charge in [0.25, 0.3) is 5.91 Å². The van der Waals surface area contributed by atoms with Gasteiger partial charge < -0.3 is 22.8 Å². The fraction of sp³-hybridized carbons (Fsp3) is 0.229. The molecule has 0 spiro atoms. The highest BCUT2D eigenvalue weighted by Gasteiger charge is 2.36. The Labute approximate surface area is 285 Å². The molecule has 0 aliphatic carbocycles. The minimum absolute atomic E-state index is 0.239. The number of benzene rings is 3. The van der Waals surface area contributed by atoms with Crippen molar-refractivity contribution in [2.45, 2.75) is 31.9 Å². The summed E-state index contributed by atoms with van der Waals surface area (Å²) in [6.45, 7) is 3.19. The molecule has 0 fully saturated rings. The zero-order valence-corrected chi connectivity index (χ0v) is 28.0. The van der Waals surface area contributed by atoms with Crippen LogP contribution in [0, 0.1) is 6.92 Å². The molecule has 236 valence electrons. The molecule has 46 heavy (non-hydrogen) atoms. The topological polar surface area (TPSA) is 106 Å². The first-order valence-corrected chi connectivity index (χ1v) is 16.2. The molecule has 3 aromatic carbocycles. The van der Waals surface area contributed by atoms with Gasteiger partial charge in [0.2, 0.25) is 0 Å². The number of nitrogens with one attached hydrogen (secondary N) is 2. The number of ether oxygens (including phenoxy) is 2. The van der Waals surface area contributed by atoms with E-state index < -0.39 is 12.1 Å². The fourth-order valence-corrected chi connectivity index (χ4v) is 6.20. The third kappa shape index (κ3) is 7.30. The molecule has 2 N–H and O–H groups in total. The largest absolute Gasteiger partial charge is 0.493 e. The SMILES string of the molecule is Cc1ccc(OC(=O)N2CCc3c([nH]c4ccc(Cl)cc34)[C@@H]2c2ccc(OCCC(CNC(=O)c3ccccn3)OI)cc2)cc1. The Kier molecular flexibility index (Phi) is 10.1. The number of fused-ring (bicyclic) bond motifs is 3. The van der Waals surface area contributed by atoms with Gasteiger partial charge in [-0.2, -0.15) is 0 Å². The number of nitrogens with zero attached hydrogens (tertiary/aromatic N) is 2. The van der Waals surface area contributed by atoms with E-state index in [1.165, 1.54) is 0 Å². The summed E-state index contributed by atoms with van der Waals surface area (Å²) in [5.41, 5.74) is 5.40. The molecule has 0 bridgehead atoms. The number of hydrogen-bond donors (Lipinski definition) is 2. The molecule has 0 radical (unpaired) electrons. The van der Waals surface area contributed by atoms with E-state index >= 15 is 0 Å². The molecule has 2 atom stereocenters. The van der Waals surface area contributed by atoms with Crippen molar-refractivity contribution in [3.8, 4) is 11.5 Å². The molecule has 6 rings (SSSR count). The van der Waals surface area contributed by atoms with Crippen LogP contribution in [0.2, 0.25) is 5.02 Å². The zero-order valence-electron chi connectivity index (χ0n) is 25.0. The second-order valence-corrected chi connectivity index (χ2v) is 12.0. The molecule has 3 heterocycles. The molecular weight excluding hydrogens is 719 g/mol. The van der Waals surface area contributed by atoms with Gasteiger partial charge in [0, 0.05) is 47.3 Å². The summed E-state index contributed by atoms with van der Waals surface area (Å²) < 4.78 is 17.4. The number of aryl methyl sites for hydroxylation is 1. The number of rotatable bonds is 10. The van der Waals surface area contributed by atoms with Crippen LogP contribution in [-0.2, 0) is 9.49 Å². The van der Waals surface area contributed by atoms with E-state index in [1.807, 2.05) is 84.5 Å². The monoisotopic (exact) mass is 750 g/mol. The van der Waals surface area contributed by atoms with E-state index in [9.17, 15) is 9.59 Å². The summed E-state index contributed by atoms with van der Waals surface area (Å²) in [5.74, 6) is 0.926. The normalized spacial score (nSPS) is 14.8. The van der Waals surface area contributed by atoms with Gasteiger partial charge in [-0.1, -0.05) is 47.5 Å². The second kappa shape index (κ2) is 14.5. The van der Waals surface area contributed by atoms with Crippen LogP contribution < -0.4 is 14.8 Å². The Morgan fingerprint density at radius 1 is 1.07 bits per heavy atom. The number of pyridine rings is 1. The van der Waals surface area contributed by atoms with Gasteiger partial charge in [-0.05, 0) is 79.1 Å². The van der Waals surface area contributed by atoms with Crippen molar-refractivity contribution in [1.29, 1.82) is 0 Å². The van der Waals surface area contributed by atoms with Crippen molar-refractivity contribution >= 4 is 57.5 Å². The van der Waals surface area contributed by atoms with Crippen molar-refractivity contribution < 1.29 is 22.1 Å². The number of carbonyl (C=O) groups excluding carboxylic acids is 2. The van der Waals surface area contributed by atoms with E-state index in [-0.39, 0.29) is 12.0 Å². The highest BCUT2D eigenvalue weighted by atomic mass is 127. The standard InChI is InChI=1S/C35H32ClIN4O5/c1-22-5-10-26(11-6-22)45-35(43)41-18-15-28-29-20-24(36)9-14-30(29)40-32(28)33(41)23-7-12-25(13-8-23)44-19-16-27(46-37)21-39-34(42)31-4-2-3-17-38-31/h2-14,17,20,27,33,40H,15-16,18-19,21H2,1H3,(H,39,42)/t27?,33-/m0/s1. The number of H-pyrrole nitrogens is 1. The number of carbonyl (C=O) groups is 2. The average Bonchev–Trinajstić information content (AvgIpc) is 3.45. The van der Waals surface area contributed by atoms with E-state index in [0.717, 1.165) is 33.3 Å². The Hall–Kier alpha value is -4.13. The first-order valence-electron chi connectivity index (χ1n) is 14.9. The number of aromatic nitrogens is 2. The predicted octanol–water partition coefficient (Wildman–Crippen LogP) is 7.61. The van der Waals surface area contributed by atoms with Crippen LogP contribution in [0.15, 0.2) is 91.1 Å². The molecule has 9 nitrogen and oxygen atoms in total.